The molecule has 1 aliphatic rings. The Balaban J connectivity index is 0.00000158. The number of amidine groups is 1. The number of anilines is 1. The van der Waals surface area contributed by atoms with Crippen molar-refractivity contribution >= 4 is 29.2 Å². The van der Waals surface area contributed by atoms with Gasteiger partial charge in [-0.2, -0.15) is 4.99 Å². The maximum Gasteiger partial charge on any atom is 0.291 e. The largest absolute Gasteiger partial charge is 0.497 e. The quantitative estimate of drug-likeness (QED) is 0.401. The van der Waals surface area contributed by atoms with Crippen LogP contribution in [0.15, 0.2) is 88.8 Å². The topological polar surface area (TPSA) is 122 Å². The van der Waals surface area contributed by atoms with Crippen LogP contribution in [0.4, 0.5) is 5.69 Å². The lowest BCUT2D eigenvalue weighted by atomic mass is 10.0. The average Bonchev–Trinajstić information content (AvgIpc) is 3.02. The van der Waals surface area contributed by atoms with Crippen LogP contribution in [-0.4, -0.2) is 36.8 Å². The van der Waals surface area contributed by atoms with Crippen molar-refractivity contribution in [2.45, 2.75) is 20.0 Å². The Kier molecular flexibility index (Phi) is 8.12. The summed E-state index contributed by atoms with van der Waals surface area (Å²) in [6.45, 7) is 4.00. The third-order valence-electron chi connectivity index (χ3n) is 4.76. The number of ether oxygens (including phenoxy) is 2. The standard InChI is InChI=1S/C24H21N5O3.C2H6/c1-31-17-11-7-10-16(14-17)21(25)32-24(26)29-22-23(30)27-19-13-6-5-12-18(19)20(28-22)15-8-3-2-4-9-15;1-2/h2-14,22,25H,1H3,(H2,26,29)(H,27,30);1-2H3. The number of nitrogens with one attached hydrogen (secondary N) is 2. The number of nitrogens with zero attached hydrogens (tertiary/aromatic N) is 2. The number of para-hydroxylation sites is 1. The van der Waals surface area contributed by atoms with E-state index in [9.17, 15) is 4.79 Å². The van der Waals surface area contributed by atoms with Crippen LogP contribution in [0.2, 0.25) is 0 Å². The number of amides is 1. The predicted octanol–water partition coefficient (Wildman–Crippen LogP) is 4.19. The molecule has 0 aliphatic carbocycles. The number of methoxy groups -OCH3 is 1. The lowest BCUT2D eigenvalue weighted by Crippen LogP contribution is -2.29. The first-order valence-corrected chi connectivity index (χ1v) is 10.8. The molecule has 1 unspecified atom stereocenters. The number of benzene rings is 3. The summed E-state index contributed by atoms with van der Waals surface area (Å²) in [5, 5.41) is 11.0. The summed E-state index contributed by atoms with van der Waals surface area (Å²) in [6, 6.07) is 23.3. The lowest BCUT2D eigenvalue weighted by molar-refractivity contribution is -0.117. The minimum atomic E-state index is -1.18. The van der Waals surface area contributed by atoms with Crippen molar-refractivity contribution in [3.05, 3.63) is 95.6 Å². The normalized spacial score (nSPS) is 14.9. The number of nitrogens with two attached hydrogens (primary N) is 1. The molecule has 3 aromatic rings. The molecule has 1 heterocycles. The fourth-order valence-electron chi connectivity index (χ4n) is 3.23. The molecule has 1 atom stereocenters. The van der Waals surface area contributed by atoms with E-state index in [1.165, 1.54) is 7.11 Å². The Labute approximate surface area is 198 Å². The van der Waals surface area contributed by atoms with Gasteiger partial charge in [0.15, 0.2) is 0 Å². The molecule has 1 amide bonds. The van der Waals surface area contributed by atoms with Crippen molar-refractivity contribution in [3.63, 3.8) is 0 Å². The summed E-state index contributed by atoms with van der Waals surface area (Å²) in [7, 11) is 1.53. The van der Waals surface area contributed by atoms with E-state index in [0.717, 1.165) is 11.1 Å². The van der Waals surface area contributed by atoms with E-state index in [0.29, 0.717) is 22.7 Å². The van der Waals surface area contributed by atoms with E-state index < -0.39 is 12.1 Å². The molecule has 3 aromatic carbocycles. The number of benzodiazepines with no additional fused rings is 1. The van der Waals surface area contributed by atoms with Gasteiger partial charge in [0.05, 0.1) is 18.5 Å². The number of hydrogen-bond donors (Lipinski definition) is 3. The van der Waals surface area contributed by atoms with Gasteiger partial charge in [0.1, 0.15) is 5.75 Å². The van der Waals surface area contributed by atoms with Crippen molar-refractivity contribution in [1.29, 1.82) is 5.41 Å². The Morgan fingerprint density at radius 3 is 2.47 bits per heavy atom. The molecule has 1 aliphatic heterocycles. The van der Waals surface area contributed by atoms with Crippen LogP contribution in [0.1, 0.15) is 30.5 Å². The van der Waals surface area contributed by atoms with Crippen molar-refractivity contribution in [1.82, 2.24) is 0 Å². The maximum absolute atomic E-state index is 12.8. The zero-order chi connectivity index (χ0) is 24.5. The maximum atomic E-state index is 12.8. The second-order valence-corrected chi connectivity index (χ2v) is 6.88. The summed E-state index contributed by atoms with van der Waals surface area (Å²) in [5.74, 6) is -0.109. The van der Waals surface area contributed by atoms with E-state index in [4.69, 9.17) is 20.6 Å². The van der Waals surface area contributed by atoms with Crippen molar-refractivity contribution in [3.8, 4) is 5.75 Å². The molecular weight excluding hydrogens is 430 g/mol. The van der Waals surface area contributed by atoms with E-state index in [2.05, 4.69) is 15.3 Å². The highest BCUT2D eigenvalue weighted by atomic mass is 16.5. The number of fused-ring (bicyclic) bond motifs is 1. The van der Waals surface area contributed by atoms with Gasteiger partial charge in [0, 0.05) is 16.7 Å². The summed E-state index contributed by atoms with van der Waals surface area (Å²) < 4.78 is 10.5. The Hall–Kier alpha value is -4.46. The second kappa shape index (κ2) is 11.4. The summed E-state index contributed by atoms with van der Waals surface area (Å²) >= 11 is 0. The molecule has 0 radical (unpaired) electrons. The Bertz CT molecular complexity index is 1220. The van der Waals surface area contributed by atoms with Crippen LogP contribution in [0.25, 0.3) is 0 Å². The van der Waals surface area contributed by atoms with Gasteiger partial charge in [0.25, 0.3) is 11.9 Å². The summed E-state index contributed by atoms with van der Waals surface area (Å²) in [5.41, 5.74) is 9.21. The highest BCUT2D eigenvalue weighted by molar-refractivity contribution is 6.19. The molecule has 4 rings (SSSR count). The number of rotatable bonds is 4. The van der Waals surface area contributed by atoms with Crippen LogP contribution in [0.5, 0.6) is 5.75 Å². The van der Waals surface area contributed by atoms with Gasteiger partial charge < -0.3 is 20.5 Å². The predicted molar refractivity (Wildman–Crippen MR) is 135 cm³/mol. The first-order valence-electron chi connectivity index (χ1n) is 10.8. The highest BCUT2D eigenvalue weighted by Crippen LogP contribution is 2.24. The van der Waals surface area contributed by atoms with Crippen LogP contribution < -0.4 is 15.8 Å². The lowest BCUT2D eigenvalue weighted by Gasteiger charge is -2.10. The highest BCUT2D eigenvalue weighted by Gasteiger charge is 2.26. The van der Waals surface area contributed by atoms with E-state index in [1.807, 2.05) is 62.4 Å². The monoisotopic (exact) mass is 457 g/mol. The minimum absolute atomic E-state index is 0.227. The fourth-order valence-corrected chi connectivity index (χ4v) is 3.23. The molecule has 0 aromatic heterocycles. The third-order valence-corrected chi connectivity index (χ3v) is 4.76. The van der Waals surface area contributed by atoms with Crippen LogP contribution in [0, 0.1) is 5.41 Å². The van der Waals surface area contributed by atoms with Crippen molar-refractivity contribution < 1.29 is 14.3 Å². The Morgan fingerprint density at radius 1 is 1.03 bits per heavy atom. The van der Waals surface area contributed by atoms with E-state index in [-0.39, 0.29) is 11.9 Å². The molecule has 8 heteroatoms. The molecule has 8 nitrogen and oxygen atoms in total. The molecule has 174 valence electrons. The number of hydrogen-bond acceptors (Lipinski definition) is 6. The van der Waals surface area contributed by atoms with Crippen LogP contribution in [-0.2, 0) is 9.53 Å². The van der Waals surface area contributed by atoms with Gasteiger partial charge in [-0.15, -0.1) is 0 Å². The van der Waals surface area contributed by atoms with Gasteiger partial charge in [-0.1, -0.05) is 68.4 Å². The smallest absolute Gasteiger partial charge is 0.291 e. The molecular formula is C26H27N5O3. The molecule has 0 saturated heterocycles. The molecule has 0 fully saturated rings. The van der Waals surface area contributed by atoms with Crippen molar-refractivity contribution in [2.24, 2.45) is 15.7 Å². The van der Waals surface area contributed by atoms with Gasteiger partial charge in [-0.05, 0) is 24.3 Å². The molecule has 34 heavy (non-hydrogen) atoms. The van der Waals surface area contributed by atoms with Crippen LogP contribution >= 0.6 is 0 Å². The fraction of sp³-hybridized carbons (Fsp3) is 0.154. The van der Waals surface area contributed by atoms with Gasteiger partial charge in [0.2, 0.25) is 12.1 Å². The SMILES string of the molecule is CC.COc1cccc(C(=N)O/C(N)=N/C2N=C(c3ccccc3)c3ccccc3NC2=O)c1. The second-order valence-electron chi connectivity index (χ2n) is 6.88. The zero-order valence-corrected chi connectivity index (χ0v) is 19.3. The van der Waals surface area contributed by atoms with E-state index >= 15 is 0 Å². The molecule has 0 saturated carbocycles. The molecule has 4 N–H and O–H groups in total. The van der Waals surface area contributed by atoms with Gasteiger partial charge in [-0.25, -0.2) is 4.99 Å². The molecule has 0 spiro atoms. The van der Waals surface area contributed by atoms with Crippen LogP contribution in [0.3, 0.4) is 0 Å². The first kappa shape index (κ1) is 24.2. The Morgan fingerprint density at radius 2 is 1.74 bits per heavy atom. The zero-order valence-electron chi connectivity index (χ0n) is 19.3. The average molecular weight is 458 g/mol. The number of carbonyl (C=O) groups is 1. The minimum Gasteiger partial charge on any atom is -0.497 e. The molecule has 0 bridgehead atoms. The number of aliphatic imine (C=N–C) groups is 2. The van der Waals surface area contributed by atoms with E-state index in [1.54, 1.807) is 30.3 Å². The van der Waals surface area contributed by atoms with Gasteiger partial charge in [-0.3, -0.25) is 10.2 Å². The van der Waals surface area contributed by atoms with Crippen molar-refractivity contribution in [2.75, 3.05) is 12.4 Å². The first-order chi connectivity index (χ1) is 16.5. The third kappa shape index (κ3) is 5.66. The number of carbonyl (C=O) groups excluding carboxylic acids is 1. The van der Waals surface area contributed by atoms with Gasteiger partial charge >= 0.3 is 0 Å². The summed E-state index contributed by atoms with van der Waals surface area (Å²) in [6.07, 6.45) is -1.18. The summed E-state index contributed by atoms with van der Waals surface area (Å²) in [4.78, 5) is 21.5.